The van der Waals surface area contributed by atoms with Gasteiger partial charge in [0.05, 0.1) is 5.02 Å². The maximum absolute atomic E-state index is 13.7. The topological polar surface area (TPSA) is 25.8 Å². The van der Waals surface area contributed by atoms with Crippen molar-refractivity contribution in [1.29, 1.82) is 0 Å². The van der Waals surface area contributed by atoms with Crippen LogP contribution in [0.1, 0.15) is 36.2 Å². The summed E-state index contributed by atoms with van der Waals surface area (Å²) in [5.74, 6) is 0.625. The molecular formula is C12H12ClFN2S. The molecule has 0 saturated heterocycles. The molecule has 0 bridgehead atoms. The second-order valence-corrected chi connectivity index (χ2v) is 5.28. The van der Waals surface area contributed by atoms with Gasteiger partial charge in [0.15, 0.2) is 0 Å². The Morgan fingerprint density at radius 1 is 1.41 bits per heavy atom. The summed E-state index contributed by atoms with van der Waals surface area (Å²) in [6, 6.07) is 4.97. The van der Waals surface area contributed by atoms with Crippen LogP contribution in [0.25, 0.3) is 0 Å². The molecule has 5 heteroatoms. The fourth-order valence-electron chi connectivity index (χ4n) is 1.43. The number of benzene rings is 1. The van der Waals surface area contributed by atoms with E-state index in [2.05, 4.69) is 23.2 Å². The summed E-state index contributed by atoms with van der Waals surface area (Å²) in [7, 11) is 0. The maximum atomic E-state index is 13.7. The predicted octanol–water partition coefficient (Wildman–Crippen LogP) is 4.04. The van der Waals surface area contributed by atoms with Crippen LogP contribution in [0, 0.1) is 5.82 Å². The highest BCUT2D eigenvalue weighted by Gasteiger charge is 2.11. The first-order valence-electron chi connectivity index (χ1n) is 5.33. The molecule has 1 aromatic carbocycles. The highest BCUT2D eigenvalue weighted by atomic mass is 35.5. The van der Waals surface area contributed by atoms with E-state index in [9.17, 15) is 4.39 Å². The van der Waals surface area contributed by atoms with Crippen molar-refractivity contribution in [2.45, 2.75) is 26.2 Å². The third kappa shape index (κ3) is 2.82. The molecule has 2 rings (SSSR count). The Labute approximate surface area is 109 Å². The Hall–Kier alpha value is -1.00. The average Bonchev–Trinajstić information content (AvgIpc) is 2.73. The Morgan fingerprint density at radius 3 is 2.82 bits per heavy atom. The van der Waals surface area contributed by atoms with Gasteiger partial charge in [-0.1, -0.05) is 37.6 Å². The molecule has 1 heterocycles. The van der Waals surface area contributed by atoms with Gasteiger partial charge in [-0.3, -0.25) is 0 Å². The van der Waals surface area contributed by atoms with Crippen molar-refractivity contribution in [3.05, 3.63) is 45.4 Å². The minimum atomic E-state index is -0.380. The number of rotatable bonds is 3. The van der Waals surface area contributed by atoms with E-state index in [0.29, 0.717) is 23.7 Å². The molecule has 0 spiro atoms. The normalized spacial score (nSPS) is 11.1. The molecule has 0 aliphatic carbocycles. The lowest BCUT2D eigenvalue weighted by molar-refractivity contribution is 0.613. The van der Waals surface area contributed by atoms with Gasteiger partial charge in [0, 0.05) is 12.3 Å². The summed E-state index contributed by atoms with van der Waals surface area (Å²) in [5, 5.41) is 1.12. The fraction of sp³-hybridized carbons (Fsp3) is 0.333. The van der Waals surface area contributed by atoms with Gasteiger partial charge in [-0.15, -0.1) is 0 Å². The van der Waals surface area contributed by atoms with Gasteiger partial charge in [0.25, 0.3) is 0 Å². The zero-order valence-electron chi connectivity index (χ0n) is 9.58. The molecule has 0 fully saturated rings. The maximum Gasteiger partial charge on any atom is 0.147 e. The smallest absolute Gasteiger partial charge is 0.147 e. The molecular weight excluding hydrogens is 259 g/mol. The molecule has 90 valence electrons. The second kappa shape index (κ2) is 5.10. The number of aromatic nitrogens is 2. The van der Waals surface area contributed by atoms with E-state index < -0.39 is 0 Å². The molecule has 1 aromatic heterocycles. The number of nitrogens with zero attached hydrogens (tertiary/aromatic N) is 2. The molecule has 0 radical (unpaired) electrons. The van der Waals surface area contributed by atoms with E-state index in [1.54, 1.807) is 12.1 Å². The monoisotopic (exact) mass is 270 g/mol. The van der Waals surface area contributed by atoms with Crippen molar-refractivity contribution in [3.8, 4) is 0 Å². The van der Waals surface area contributed by atoms with E-state index in [-0.39, 0.29) is 10.8 Å². The lowest BCUT2D eigenvalue weighted by Crippen LogP contribution is -1.96. The number of hydrogen-bond donors (Lipinski definition) is 0. The van der Waals surface area contributed by atoms with Crippen LogP contribution < -0.4 is 0 Å². The number of hydrogen-bond acceptors (Lipinski definition) is 3. The van der Waals surface area contributed by atoms with Gasteiger partial charge < -0.3 is 0 Å². The lowest BCUT2D eigenvalue weighted by atomic mass is 10.1. The minimum Gasteiger partial charge on any atom is -0.224 e. The average molecular weight is 271 g/mol. The molecule has 2 nitrogen and oxygen atoms in total. The van der Waals surface area contributed by atoms with E-state index in [1.807, 2.05) is 0 Å². The Kier molecular flexibility index (Phi) is 3.74. The Balaban J connectivity index is 2.22. The zero-order valence-corrected chi connectivity index (χ0v) is 11.1. The lowest BCUT2D eigenvalue weighted by Gasteiger charge is -2.01. The molecule has 0 aliphatic heterocycles. The number of halogens is 2. The molecule has 2 aromatic rings. The molecule has 0 amide bonds. The van der Waals surface area contributed by atoms with Crippen molar-refractivity contribution in [1.82, 2.24) is 9.36 Å². The summed E-state index contributed by atoms with van der Waals surface area (Å²) in [6.45, 7) is 4.12. The largest absolute Gasteiger partial charge is 0.224 e. The van der Waals surface area contributed by atoms with Crippen LogP contribution in [0.15, 0.2) is 18.2 Å². The Bertz CT molecular complexity index is 525. The van der Waals surface area contributed by atoms with Gasteiger partial charge in [0.2, 0.25) is 0 Å². The molecule has 0 aliphatic rings. The van der Waals surface area contributed by atoms with Gasteiger partial charge in [0.1, 0.15) is 16.6 Å². The molecule has 17 heavy (non-hydrogen) atoms. The zero-order chi connectivity index (χ0) is 12.4. The third-order valence-corrected chi connectivity index (χ3v) is 3.70. The summed E-state index contributed by atoms with van der Waals surface area (Å²) >= 11 is 7.09. The van der Waals surface area contributed by atoms with E-state index in [1.165, 1.54) is 17.6 Å². The van der Waals surface area contributed by atoms with Crippen LogP contribution in [0.2, 0.25) is 5.02 Å². The highest BCUT2D eigenvalue weighted by Crippen LogP contribution is 2.22. The van der Waals surface area contributed by atoms with Gasteiger partial charge in [-0.25, -0.2) is 9.37 Å². The van der Waals surface area contributed by atoms with Crippen molar-refractivity contribution < 1.29 is 4.39 Å². The van der Waals surface area contributed by atoms with E-state index >= 15 is 0 Å². The van der Waals surface area contributed by atoms with Crippen LogP contribution in [-0.4, -0.2) is 9.36 Å². The van der Waals surface area contributed by atoms with Crippen LogP contribution in [0.4, 0.5) is 4.39 Å². The summed E-state index contributed by atoms with van der Waals surface area (Å²) in [6.07, 6.45) is 0.385. The summed E-state index contributed by atoms with van der Waals surface area (Å²) < 4.78 is 17.9. The van der Waals surface area contributed by atoms with Crippen molar-refractivity contribution >= 4 is 23.1 Å². The SMILES string of the molecule is CC(C)c1nc(Cc2cccc(Cl)c2F)ns1. The van der Waals surface area contributed by atoms with Crippen LogP contribution in [-0.2, 0) is 6.42 Å². The van der Waals surface area contributed by atoms with Gasteiger partial charge in [-0.2, -0.15) is 4.37 Å². The fourth-order valence-corrected chi connectivity index (χ4v) is 2.28. The third-order valence-electron chi connectivity index (χ3n) is 2.36. The molecule has 0 unspecified atom stereocenters. The van der Waals surface area contributed by atoms with Crippen LogP contribution in [0.3, 0.4) is 0 Å². The standard InChI is InChI=1S/C12H12ClFN2S/c1-7(2)12-15-10(16-17-12)6-8-4-3-5-9(13)11(8)14/h3-5,7H,6H2,1-2H3. The second-order valence-electron chi connectivity index (χ2n) is 4.09. The summed E-state index contributed by atoms with van der Waals surface area (Å²) in [4.78, 5) is 4.37. The molecule has 0 saturated carbocycles. The quantitative estimate of drug-likeness (QED) is 0.841. The molecule has 0 N–H and O–H groups in total. The molecule has 0 atom stereocenters. The first-order valence-corrected chi connectivity index (χ1v) is 6.48. The van der Waals surface area contributed by atoms with E-state index in [4.69, 9.17) is 11.6 Å². The highest BCUT2D eigenvalue weighted by molar-refractivity contribution is 7.05. The van der Waals surface area contributed by atoms with Gasteiger partial charge >= 0.3 is 0 Å². The minimum absolute atomic E-state index is 0.141. The first-order chi connectivity index (χ1) is 8.08. The van der Waals surface area contributed by atoms with Crippen molar-refractivity contribution in [2.24, 2.45) is 0 Å². The summed E-state index contributed by atoms with van der Waals surface area (Å²) in [5.41, 5.74) is 0.533. The Morgan fingerprint density at radius 2 is 2.18 bits per heavy atom. The van der Waals surface area contributed by atoms with Crippen LogP contribution >= 0.6 is 23.1 Å². The van der Waals surface area contributed by atoms with Crippen molar-refractivity contribution in [3.63, 3.8) is 0 Å². The first kappa shape index (κ1) is 12.5. The van der Waals surface area contributed by atoms with Gasteiger partial charge in [-0.05, 0) is 23.2 Å². The van der Waals surface area contributed by atoms with E-state index in [0.717, 1.165) is 5.01 Å². The predicted molar refractivity (Wildman–Crippen MR) is 68.2 cm³/mol. The van der Waals surface area contributed by atoms with Crippen LogP contribution in [0.5, 0.6) is 0 Å². The van der Waals surface area contributed by atoms with Crippen molar-refractivity contribution in [2.75, 3.05) is 0 Å².